The molecular formula is C19H14N2OSe2. The van der Waals surface area contributed by atoms with E-state index in [0.717, 1.165) is 11.3 Å². The van der Waals surface area contributed by atoms with Crippen LogP contribution in [-0.4, -0.2) is 46.1 Å². The summed E-state index contributed by atoms with van der Waals surface area (Å²) < 4.78 is 7.83. The normalized spacial score (nSPS) is 10.7. The van der Waals surface area contributed by atoms with Crippen molar-refractivity contribution < 1.29 is 4.74 Å². The average Bonchev–Trinajstić information content (AvgIpc) is 3.30. The zero-order valence-electron chi connectivity index (χ0n) is 13.0. The van der Waals surface area contributed by atoms with Crippen LogP contribution in [0.4, 0.5) is 0 Å². The van der Waals surface area contributed by atoms with Gasteiger partial charge in [-0.1, -0.05) is 0 Å². The van der Waals surface area contributed by atoms with Crippen molar-refractivity contribution in [1.29, 1.82) is 0 Å². The Bertz CT molecular complexity index is 1110. The molecule has 24 heavy (non-hydrogen) atoms. The van der Waals surface area contributed by atoms with E-state index in [9.17, 15) is 0 Å². The summed E-state index contributed by atoms with van der Waals surface area (Å²) in [5.41, 5.74) is 2.27. The summed E-state index contributed by atoms with van der Waals surface area (Å²) in [6.45, 7) is 0. The molecule has 0 fully saturated rings. The average molecular weight is 444 g/mol. The summed E-state index contributed by atoms with van der Waals surface area (Å²) in [5, 5.41) is 6.60. The second-order valence-corrected chi connectivity index (χ2v) is 8.89. The van der Waals surface area contributed by atoms with Gasteiger partial charge in [-0.3, -0.25) is 0 Å². The Morgan fingerprint density at radius 1 is 0.833 bits per heavy atom. The molecule has 0 aliphatic rings. The topological polar surface area (TPSA) is 35.0 Å². The summed E-state index contributed by atoms with van der Waals surface area (Å²) in [5.74, 6) is 0.888. The van der Waals surface area contributed by atoms with Gasteiger partial charge in [-0.2, -0.15) is 0 Å². The summed E-state index contributed by atoms with van der Waals surface area (Å²) in [7, 11) is 1.67. The molecule has 2 heterocycles. The number of benzene rings is 3. The van der Waals surface area contributed by atoms with Gasteiger partial charge in [0, 0.05) is 0 Å². The fraction of sp³-hybridized carbons (Fsp3) is 0.0526. The Hall–Kier alpha value is -1.90. The Morgan fingerprint density at radius 3 is 2.54 bits per heavy atom. The maximum absolute atomic E-state index is 5.07. The van der Waals surface area contributed by atoms with Gasteiger partial charge in [0.1, 0.15) is 0 Å². The number of hydrogen-bond donors (Lipinski definition) is 0. The van der Waals surface area contributed by atoms with Crippen LogP contribution in [0.5, 0.6) is 5.75 Å². The fourth-order valence-electron chi connectivity index (χ4n) is 2.56. The number of methoxy groups -OCH3 is 1. The first-order valence-electron chi connectivity index (χ1n) is 7.43. The Morgan fingerprint density at radius 2 is 1.62 bits per heavy atom. The van der Waals surface area contributed by atoms with Crippen LogP contribution in [0.25, 0.3) is 30.3 Å². The third-order valence-electron chi connectivity index (χ3n) is 3.76. The summed E-state index contributed by atoms with van der Waals surface area (Å²) in [4.78, 5) is 8.66. The Labute approximate surface area is 151 Å². The number of ether oxygens (including phenoxy) is 1. The monoisotopic (exact) mass is 446 g/mol. The summed E-state index contributed by atoms with van der Waals surface area (Å²) >= 11 is 0.904. The van der Waals surface area contributed by atoms with Gasteiger partial charge in [0.15, 0.2) is 0 Å². The van der Waals surface area contributed by atoms with Crippen LogP contribution in [0, 0.1) is 0 Å². The predicted molar refractivity (Wildman–Crippen MR) is 101 cm³/mol. The second kappa shape index (κ2) is 6.92. The molecule has 0 bridgehead atoms. The van der Waals surface area contributed by atoms with Gasteiger partial charge in [0.25, 0.3) is 0 Å². The molecule has 0 radical (unpaired) electrons. The molecule has 0 saturated carbocycles. The molecule has 0 spiro atoms. The van der Waals surface area contributed by atoms with Crippen LogP contribution in [0.1, 0.15) is 0 Å². The summed E-state index contributed by atoms with van der Waals surface area (Å²) in [6, 6.07) is 18.8. The van der Waals surface area contributed by atoms with E-state index in [2.05, 4.69) is 52.4 Å². The van der Waals surface area contributed by atoms with Crippen molar-refractivity contribution in [2.24, 2.45) is 0 Å². The first-order chi connectivity index (χ1) is 11.8. The zero-order chi connectivity index (χ0) is 16.4. The molecule has 3 aromatic carbocycles. The van der Waals surface area contributed by atoms with Gasteiger partial charge in [-0.05, 0) is 0 Å². The van der Waals surface area contributed by atoms with Crippen LogP contribution in [0.2, 0.25) is 0 Å². The standard InChI is InChI=1S/C11H7NSe.C8H7NOSe/c1-2-4-9-8(3-1)5-6-10-11(9)12-7-13-10;1-10-6-2-3-8-7(4-6)9-5-11-8/h1-7H;2-5H,1H3. The van der Waals surface area contributed by atoms with E-state index in [0.29, 0.717) is 29.0 Å². The number of aromatic nitrogens is 2. The summed E-state index contributed by atoms with van der Waals surface area (Å²) in [6.07, 6.45) is 0. The third-order valence-corrected chi connectivity index (χ3v) is 7.13. The molecule has 0 amide bonds. The van der Waals surface area contributed by atoms with Gasteiger partial charge < -0.3 is 0 Å². The van der Waals surface area contributed by atoms with Crippen molar-refractivity contribution in [3.63, 3.8) is 0 Å². The van der Waals surface area contributed by atoms with E-state index in [1.807, 2.05) is 22.3 Å². The van der Waals surface area contributed by atoms with E-state index in [1.54, 1.807) is 7.11 Å². The van der Waals surface area contributed by atoms with Crippen LogP contribution in [-0.2, 0) is 0 Å². The first-order valence-corrected chi connectivity index (χ1v) is 11.1. The van der Waals surface area contributed by atoms with E-state index in [1.165, 1.54) is 24.8 Å². The van der Waals surface area contributed by atoms with Crippen LogP contribution < -0.4 is 4.74 Å². The van der Waals surface area contributed by atoms with Crippen molar-refractivity contribution in [3.8, 4) is 5.75 Å². The molecule has 0 unspecified atom stereocenters. The molecule has 5 heteroatoms. The van der Waals surface area contributed by atoms with Gasteiger partial charge in [-0.15, -0.1) is 0 Å². The molecule has 5 rings (SSSR count). The van der Waals surface area contributed by atoms with Gasteiger partial charge in [-0.25, -0.2) is 0 Å². The van der Waals surface area contributed by atoms with Crippen molar-refractivity contribution in [3.05, 3.63) is 64.7 Å². The molecule has 118 valence electrons. The number of nitrogens with zero attached hydrogens (tertiary/aromatic N) is 2. The van der Waals surface area contributed by atoms with Crippen LogP contribution in [0.15, 0.2) is 64.7 Å². The molecule has 0 atom stereocenters. The SMILES string of the molecule is COc1ccc2[se]cnc2c1.c1ccc2c(c1)ccc1[se]cnc12. The zero-order valence-corrected chi connectivity index (χ0v) is 16.4. The molecule has 0 N–H and O–H groups in total. The van der Waals surface area contributed by atoms with Crippen LogP contribution >= 0.6 is 0 Å². The maximum atomic E-state index is 5.07. The number of hydrogen-bond acceptors (Lipinski definition) is 3. The number of fused-ring (bicyclic) bond motifs is 4. The third kappa shape index (κ3) is 3.04. The molecule has 3 nitrogen and oxygen atoms in total. The van der Waals surface area contributed by atoms with E-state index in [4.69, 9.17) is 4.74 Å². The van der Waals surface area contributed by atoms with Crippen molar-refractivity contribution in [2.45, 2.75) is 0 Å². The minimum absolute atomic E-state index is 0.446. The van der Waals surface area contributed by atoms with Crippen molar-refractivity contribution in [1.82, 2.24) is 9.97 Å². The van der Waals surface area contributed by atoms with E-state index < -0.39 is 0 Å². The minimum atomic E-state index is 0.446. The van der Waals surface area contributed by atoms with Crippen molar-refractivity contribution >= 4 is 59.3 Å². The quantitative estimate of drug-likeness (QED) is 0.370. The Kier molecular flexibility index (Phi) is 4.50. The second-order valence-electron chi connectivity index (χ2n) is 5.17. The molecule has 0 aliphatic carbocycles. The molecular weight excluding hydrogens is 430 g/mol. The Balaban J connectivity index is 0.000000123. The van der Waals surface area contributed by atoms with Crippen molar-refractivity contribution in [2.75, 3.05) is 7.11 Å². The molecule has 0 aliphatic heterocycles. The predicted octanol–water partition coefficient (Wildman–Crippen LogP) is 3.75. The van der Waals surface area contributed by atoms with Gasteiger partial charge in [0.2, 0.25) is 0 Å². The van der Waals surface area contributed by atoms with Gasteiger partial charge >= 0.3 is 152 Å². The fourth-order valence-corrected chi connectivity index (χ4v) is 5.40. The van der Waals surface area contributed by atoms with Gasteiger partial charge in [0.05, 0.1) is 0 Å². The van der Waals surface area contributed by atoms with Crippen LogP contribution in [0.3, 0.4) is 0 Å². The molecule has 2 aromatic heterocycles. The van der Waals surface area contributed by atoms with E-state index >= 15 is 0 Å². The van der Waals surface area contributed by atoms with E-state index in [-0.39, 0.29) is 0 Å². The first kappa shape index (κ1) is 15.6. The molecule has 5 aromatic rings. The molecule has 0 saturated heterocycles. The number of rotatable bonds is 1.